The lowest BCUT2D eigenvalue weighted by Gasteiger charge is -2.17. The average Bonchev–Trinajstić information content (AvgIpc) is 2.31. The number of carbonyl (C=O) groups excluding carboxylic acids is 1. The first kappa shape index (κ1) is 13.8. The predicted molar refractivity (Wildman–Crippen MR) is 70.0 cm³/mol. The van der Waals surface area contributed by atoms with E-state index in [2.05, 4.69) is 11.9 Å². The summed E-state index contributed by atoms with van der Waals surface area (Å²) in [5.74, 6) is -0.986. The van der Waals surface area contributed by atoms with Gasteiger partial charge in [0.25, 0.3) is 0 Å². The van der Waals surface area contributed by atoms with E-state index in [0.717, 1.165) is 0 Å². The number of aryl methyl sites for hydroxylation is 1. The summed E-state index contributed by atoms with van der Waals surface area (Å²) in [6.45, 7) is 5.74. The summed E-state index contributed by atoms with van der Waals surface area (Å²) >= 11 is 0. The van der Waals surface area contributed by atoms with E-state index in [1.807, 2.05) is 0 Å². The van der Waals surface area contributed by atoms with Crippen molar-refractivity contribution in [3.8, 4) is 0 Å². The number of likely N-dealkylation sites (N-methyl/N-ethyl adjacent to an activating group) is 1. The van der Waals surface area contributed by atoms with Gasteiger partial charge in [-0.3, -0.25) is 0 Å². The number of nitrogens with zero attached hydrogens (tertiary/aromatic N) is 1. The Labute approximate surface area is 106 Å². The number of rotatable bonds is 4. The maximum Gasteiger partial charge on any atom is 0.335 e. The fraction of sp³-hybridized carbons (Fsp3) is 0.231. The van der Waals surface area contributed by atoms with Gasteiger partial charge in [-0.15, -0.1) is 6.58 Å². The van der Waals surface area contributed by atoms with Gasteiger partial charge in [0, 0.05) is 19.3 Å². The second-order valence-corrected chi connectivity index (χ2v) is 3.93. The van der Waals surface area contributed by atoms with E-state index in [4.69, 9.17) is 5.11 Å². The number of urea groups is 1. The number of carboxylic acids is 1. The summed E-state index contributed by atoms with van der Waals surface area (Å²) in [6.07, 6.45) is 1.62. The fourth-order valence-electron chi connectivity index (χ4n) is 1.42. The van der Waals surface area contributed by atoms with E-state index >= 15 is 0 Å². The Bertz CT molecular complexity index is 483. The smallest absolute Gasteiger partial charge is 0.335 e. The van der Waals surface area contributed by atoms with Crippen molar-refractivity contribution in [1.82, 2.24) is 4.90 Å². The van der Waals surface area contributed by atoms with Crippen molar-refractivity contribution in [2.24, 2.45) is 0 Å². The van der Waals surface area contributed by atoms with Crippen LogP contribution in [0, 0.1) is 6.92 Å². The molecule has 0 aliphatic heterocycles. The second kappa shape index (κ2) is 5.86. The van der Waals surface area contributed by atoms with Gasteiger partial charge in [0.2, 0.25) is 0 Å². The molecule has 1 aromatic carbocycles. The number of aromatic carboxylic acids is 1. The Morgan fingerprint density at radius 1 is 1.50 bits per heavy atom. The molecule has 0 saturated carbocycles. The Morgan fingerprint density at radius 3 is 2.67 bits per heavy atom. The molecular formula is C13H16N2O3. The quantitative estimate of drug-likeness (QED) is 0.803. The summed E-state index contributed by atoms with van der Waals surface area (Å²) in [5, 5.41) is 11.5. The van der Waals surface area contributed by atoms with Crippen LogP contribution in [0.2, 0.25) is 0 Å². The molecule has 1 rings (SSSR count). The molecule has 0 spiro atoms. The molecule has 0 radical (unpaired) electrons. The zero-order chi connectivity index (χ0) is 13.7. The molecular weight excluding hydrogens is 232 g/mol. The number of carbonyl (C=O) groups is 2. The Hall–Kier alpha value is -2.30. The first-order valence-corrected chi connectivity index (χ1v) is 5.42. The van der Waals surface area contributed by atoms with Gasteiger partial charge in [-0.25, -0.2) is 9.59 Å². The van der Waals surface area contributed by atoms with Gasteiger partial charge in [0.05, 0.1) is 5.56 Å². The maximum atomic E-state index is 11.7. The van der Waals surface area contributed by atoms with Crippen molar-refractivity contribution < 1.29 is 14.7 Å². The minimum absolute atomic E-state index is 0.199. The minimum Gasteiger partial charge on any atom is -0.478 e. The molecule has 18 heavy (non-hydrogen) atoms. The largest absolute Gasteiger partial charge is 0.478 e. The number of benzene rings is 1. The van der Waals surface area contributed by atoms with Crippen LogP contribution in [-0.2, 0) is 0 Å². The molecule has 0 fully saturated rings. The van der Waals surface area contributed by atoms with Crippen molar-refractivity contribution in [2.75, 3.05) is 18.9 Å². The first-order valence-electron chi connectivity index (χ1n) is 5.42. The van der Waals surface area contributed by atoms with Crippen LogP contribution < -0.4 is 5.32 Å². The highest BCUT2D eigenvalue weighted by Gasteiger charge is 2.10. The van der Waals surface area contributed by atoms with Crippen LogP contribution in [0.15, 0.2) is 30.9 Å². The van der Waals surface area contributed by atoms with Crippen LogP contribution in [0.3, 0.4) is 0 Å². The Morgan fingerprint density at radius 2 is 2.17 bits per heavy atom. The van der Waals surface area contributed by atoms with Crippen LogP contribution in [0.4, 0.5) is 10.5 Å². The highest BCUT2D eigenvalue weighted by atomic mass is 16.4. The van der Waals surface area contributed by atoms with E-state index in [1.54, 1.807) is 26.1 Å². The van der Waals surface area contributed by atoms with E-state index < -0.39 is 5.97 Å². The van der Waals surface area contributed by atoms with Crippen LogP contribution in [0.5, 0.6) is 0 Å². The lowest BCUT2D eigenvalue weighted by molar-refractivity contribution is 0.0697. The molecule has 96 valence electrons. The molecule has 0 atom stereocenters. The summed E-state index contributed by atoms with van der Waals surface area (Å²) in [6, 6.07) is 4.29. The highest BCUT2D eigenvalue weighted by molar-refractivity contribution is 5.92. The van der Waals surface area contributed by atoms with E-state index in [-0.39, 0.29) is 11.6 Å². The average molecular weight is 248 g/mol. The van der Waals surface area contributed by atoms with Crippen molar-refractivity contribution in [1.29, 1.82) is 0 Å². The summed E-state index contributed by atoms with van der Waals surface area (Å²) < 4.78 is 0. The topological polar surface area (TPSA) is 69.6 Å². The molecule has 0 aromatic heterocycles. The lowest BCUT2D eigenvalue weighted by Crippen LogP contribution is -2.31. The van der Waals surface area contributed by atoms with Crippen LogP contribution >= 0.6 is 0 Å². The van der Waals surface area contributed by atoms with Gasteiger partial charge in [-0.05, 0) is 30.7 Å². The van der Waals surface area contributed by atoms with Crippen molar-refractivity contribution in [2.45, 2.75) is 6.92 Å². The number of anilines is 1. The van der Waals surface area contributed by atoms with Gasteiger partial charge < -0.3 is 15.3 Å². The molecule has 0 heterocycles. The molecule has 2 N–H and O–H groups in total. The molecule has 1 aromatic rings. The fourth-order valence-corrected chi connectivity index (χ4v) is 1.42. The molecule has 5 nitrogen and oxygen atoms in total. The maximum absolute atomic E-state index is 11.7. The molecule has 0 aliphatic carbocycles. The third-order valence-electron chi connectivity index (χ3n) is 2.46. The van der Waals surface area contributed by atoms with Crippen LogP contribution in [-0.4, -0.2) is 35.6 Å². The van der Waals surface area contributed by atoms with Crippen molar-refractivity contribution in [3.63, 3.8) is 0 Å². The minimum atomic E-state index is -0.986. The molecule has 0 aliphatic rings. The van der Waals surface area contributed by atoms with E-state index in [9.17, 15) is 9.59 Å². The summed E-state index contributed by atoms with van der Waals surface area (Å²) in [5.41, 5.74) is 1.50. The first-order chi connectivity index (χ1) is 8.45. The van der Waals surface area contributed by atoms with E-state index in [0.29, 0.717) is 17.8 Å². The predicted octanol–water partition coefficient (Wildman–Crippen LogP) is 2.34. The van der Waals surface area contributed by atoms with Crippen molar-refractivity contribution >= 4 is 17.7 Å². The Balaban J connectivity index is 2.82. The van der Waals surface area contributed by atoms with Crippen LogP contribution in [0.1, 0.15) is 15.9 Å². The number of hydrogen-bond acceptors (Lipinski definition) is 2. The molecule has 5 heteroatoms. The standard InChI is InChI=1S/C13H16N2O3/c1-4-7-15(3)13(18)14-11-6-5-10(12(16)17)8-9(11)2/h4-6,8H,1,7H2,2-3H3,(H,14,18)(H,16,17). The number of nitrogens with one attached hydrogen (secondary N) is 1. The zero-order valence-electron chi connectivity index (χ0n) is 10.4. The summed E-state index contributed by atoms with van der Waals surface area (Å²) in [4.78, 5) is 24.0. The molecule has 2 amide bonds. The van der Waals surface area contributed by atoms with Crippen LogP contribution in [0.25, 0.3) is 0 Å². The number of amides is 2. The third kappa shape index (κ3) is 3.35. The zero-order valence-corrected chi connectivity index (χ0v) is 10.4. The monoisotopic (exact) mass is 248 g/mol. The molecule has 0 saturated heterocycles. The van der Waals surface area contributed by atoms with Gasteiger partial charge in [0.15, 0.2) is 0 Å². The SMILES string of the molecule is C=CCN(C)C(=O)Nc1ccc(C(=O)O)cc1C. The third-order valence-corrected chi connectivity index (χ3v) is 2.46. The van der Waals surface area contributed by atoms with Gasteiger partial charge in [-0.1, -0.05) is 6.08 Å². The Kier molecular flexibility index (Phi) is 4.48. The van der Waals surface area contributed by atoms with E-state index in [1.165, 1.54) is 17.0 Å². The summed E-state index contributed by atoms with van der Waals surface area (Å²) in [7, 11) is 1.65. The lowest BCUT2D eigenvalue weighted by atomic mass is 10.1. The molecule has 0 unspecified atom stereocenters. The van der Waals surface area contributed by atoms with Crippen molar-refractivity contribution in [3.05, 3.63) is 42.0 Å². The number of carboxylic acid groups (broad SMARTS) is 1. The van der Waals surface area contributed by atoms with Gasteiger partial charge >= 0.3 is 12.0 Å². The number of hydrogen-bond donors (Lipinski definition) is 2. The van der Waals surface area contributed by atoms with Gasteiger partial charge in [0.1, 0.15) is 0 Å². The molecule has 0 bridgehead atoms. The normalized spacial score (nSPS) is 9.67. The highest BCUT2D eigenvalue weighted by Crippen LogP contribution is 2.17. The van der Waals surface area contributed by atoms with Gasteiger partial charge in [-0.2, -0.15) is 0 Å². The second-order valence-electron chi connectivity index (χ2n) is 3.93.